The number of aryl methyl sites for hydroxylation is 2. The highest BCUT2D eigenvalue weighted by Gasteiger charge is 2.14. The first-order chi connectivity index (χ1) is 9.01. The van der Waals surface area contributed by atoms with E-state index in [2.05, 4.69) is 10.3 Å². The van der Waals surface area contributed by atoms with E-state index < -0.39 is 5.97 Å². The number of nitrogens with two attached hydrogens (primary N) is 1. The molecule has 1 aromatic heterocycles. The largest absolute Gasteiger partial charge is 0.465 e. The third-order valence-electron chi connectivity index (χ3n) is 2.72. The lowest BCUT2D eigenvalue weighted by Gasteiger charge is -2.09. The zero-order valence-electron chi connectivity index (χ0n) is 11.0. The van der Waals surface area contributed by atoms with Crippen molar-refractivity contribution in [3.8, 4) is 0 Å². The molecule has 0 aliphatic carbocycles. The third-order valence-corrected chi connectivity index (χ3v) is 3.71. The smallest absolute Gasteiger partial charge is 0.340 e. The second-order valence-electron chi connectivity index (χ2n) is 4.08. The van der Waals surface area contributed by atoms with Crippen molar-refractivity contribution in [1.29, 1.82) is 0 Å². The molecule has 1 aromatic carbocycles. The highest BCUT2D eigenvalue weighted by molar-refractivity contribution is 7.15. The molecule has 19 heavy (non-hydrogen) atoms. The lowest BCUT2D eigenvalue weighted by molar-refractivity contribution is 0.0602. The Bertz CT molecular complexity index is 603. The number of thiazole rings is 1. The lowest BCUT2D eigenvalue weighted by atomic mass is 10.1. The van der Waals surface area contributed by atoms with Gasteiger partial charge in [0, 0.05) is 10.6 Å². The summed E-state index contributed by atoms with van der Waals surface area (Å²) in [7, 11) is 1.34. The molecule has 5 nitrogen and oxygen atoms in total. The van der Waals surface area contributed by atoms with Crippen LogP contribution in [0.15, 0.2) is 18.2 Å². The molecular weight excluding hydrogens is 262 g/mol. The Morgan fingerprint density at radius 2 is 2.16 bits per heavy atom. The second-order valence-corrected chi connectivity index (χ2v) is 5.29. The summed E-state index contributed by atoms with van der Waals surface area (Å²) in [4.78, 5) is 17.2. The first kappa shape index (κ1) is 13.4. The van der Waals surface area contributed by atoms with Crippen LogP contribution in [0, 0.1) is 13.8 Å². The van der Waals surface area contributed by atoms with E-state index in [1.807, 2.05) is 13.8 Å². The van der Waals surface area contributed by atoms with Crippen LogP contribution >= 0.6 is 11.3 Å². The molecule has 0 aliphatic rings. The first-order valence-electron chi connectivity index (χ1n) is 5.70. The molecule has 2 aromatic rings. The van der Waals surface area contributed by atoms with Crippen LogP contribution in [0.1, 0.15) is 20.9 Å². The quantitative estimate of drug-likeness (QED) is 0.666. The minimum absolute atomic E-state index is 0.396. The van der Waals surface area contributed by atoms with Crippen molar-refractivity contribution in [3.05, 3.63) is 34.3 Å². The van der Waals surface area contributed by atoms with Crippen LogP contribution in [-0.4, -0.2) is 18.1 Å². The van der Waals surface area contributed by atoms with Crippen LogP contribution < -0.4 is 11.1 Å². The number of hydrogen-bond acceptors (Lipinski definition) is 6. The summed E-state index contributed by atoms with van der Waals surface area (Å²) in [6.07, 6.45) is 0. The number of nitrogens with zero attached hydrogens (tertiary/aromatic N) is 1. The number of methoxy groups -OCH3 is 1. The van der Waals surface area contributed by atoms with E-state index in [0.717, 1.165) is 15.7 Å². The third kappa shape index (κ3) is 2.85. The predicted molar refractivity (Wildman–Crippen MR) is 77.1 cm³/mol. The fourth-order valence-corrected chi connectivity index (χ4v) is 2.42. The average Bonchev–Trinajstić information content (AvgIpc) is 2.69. The number of nitrogen functional groups attached to an aromatic ring is 1. The van der Waals surface area contributed by atoms with Crippen LogP contribution in [0.4, 0.5) is 16.5 Å². The standard InChI is InChI=1S/C13H15N3O2S/c1-7-8(2)19-13(15-7)16-11-5-4-9(14)6-10(11)12(17)18-3/h4-6H,14H2,1-3H3,(H,15,16). The summed E-state index contributed by atoms with van der Waals surface area (Å²) in [5, 5.41) is 3.87. The van der Waals surface area contributed by atoms with E-state index in [1.54, 1.807) is 18.2 Å². The number of esters is 1. The van der Waals surface area contributed by atoms with Crippen LogP contribution in [0.3, 0.4) is 0 Å². The van der Waals surface area contributed by atoms with Gasteiger partial charge in [-0.15, -0.1) is 11.3 Å². The van der Waals surface area contributed by atoms with Crippen molar-refractivity contribution < 1.29 is 9.53 Å². The number of aromatic nitrogens is 1. The van der Waals surface area contributed by atoms with Gasteiger partial charge in [-0.05, 0) is 32.0 Å². The van der Waals surface area contributed by atoms with E-state index in [1.165, 1.54) is 18.4 Å². The van der Waals surface area contributed by atoms with Crippen LogP contribution in [0.5, 0.6) is 0 Å². The topological polar surface area (TPSA) is 77.2 Å². The fraction of sp³-hybridized carbons (Fsp3) is 0.231. The van der Waals surface area contributed by atoms with Crippen molar-refractivity contribution in [3.63, 3.8) is 0 Å². The molecule has 0 saturated carbocycles. The molecule has 0 radical (unpaired) electrons. The molecule has 0 unspecified atom stereocenters. The fourth-order valence-electron chi connectivity index (χ4n) is 1.59. The van der Waals surface area contributed by atoms with Gasteiger partial charge in [-0.3, -0.25) is 0 Å². The molecule has 0 amide bonds. The van der Waals surface area contributed by atoms with E-state index >= 15 is 0 Å². The number of anilines is 3. The Morgan fingerprint density at radius 1 is 1.42 bits per heavy atom. The van der Waals surface area contributed by atoms with Gasteiger partial charge < -0.3 is 15.8 Å². The summed E-state index contributed by atoms with van der Waals surface area (Å²) < 4.78 is 4.75. The van der Waals surface area contributed by atoms with E-state index in [4.69, 9.17) is 10.5 Å². The van der Waals surface area contributed by atoms with Crippen molar-refractivity contribution in [1.82, 2.24) is 4.98 Å². The molecule has 2 rings (SSSR count). The number of benzene rings is 1. The van der Waals surface area contributed by atoms with Crippen LogP contribution in [0.2, 0.25) is 0 Å². The SMILES string of the molecule is COC(=O)c1cc(N)ccc1Nc1nc(C)c(C)s1. The maximum Gasteiger partial charge on any atom is 0.340 e. The number of carbonyl (C=O) groups is 1. The van der Waals surface area contributed by atoms with Gasteiger partial charge in [0.05, 0.1) is 24.1 Å². The highest BCUT2D eigenvalue weighted by atomic mass is 32.1. The van der Waals surface area contributed by atoms with E-state index in [-0.39, 0.29) is 0 Å². The number of ether oxygens (including phenoxy) is 1. The van der Waals surface area contributed by atoms with Gasteiger partial charge in [0.25, 0.3) is 0 Å². The monoisotopic (exact) mass is 277 g/mol. The molecule has 6 heteroatoms. The lowest BCUT2D eigenvalue weighted by Crippen LogP contribution is -2.06. The second kappa shape index (κ2) is 5.27. The highest BCUT2D eigenvalue weighted by Crippen LogP contribution is 2.28. The Morgan fingerprint density at radius 3 is 2.74 bits per heavy atom. The zero-order valence-corrected chi connectivity index (χ0v) is 11.8. The molecule has 1 heterocycles. The molecule has 0 atom stereocenters. The van der Waals surface area contributed by atoms with Crippen molar-refractivity contribution in [2.24, 2.45) is 0 Å². The van der Waals surface area contributed by atoms with Gasteiger partial charge in [-0.2, -0.15) is 0 Å². The van der Waals surface area contributed by atoms with Crippen LogP contribution in [-0.2, 0) is 4.74 Å². The Balaban J connectivity index is 2.36. The number of carbonyl (C=O) groups excluding carboxylic acids is 1. The summed E-state index contributed by atoms with van der Waals surface area (Å²) >= 11 is 1.54. The maximum atomic E-state index is 11.7. The van der Waals surface area contributed by atoms with Crippen molar-refractivity contribution in [2.75, 3.05) is 18.2 Å². The minimum atomic E-state index is -0.431. The van der Waals surface area contributed by atoms with Crippen molar-refractivity contribution >= 4 is 33.8 Å². The molecule has 100 valence electrons. The van der Waals surface area contributed by atoms with Gasteiger partial charge in [0.2, 0.25) is 0 Å². The number of hydrogen-bond donors (Lipinski definition) is 2. The van der Waals surface area contributed by atoms with Gasteiger partial charge >= 0.3 is 5.97 Å². The normalized spacial score (nSPS) is 10.3. The zero-order chi connectivity index (χ0) is 14.0. The molecule has 3 N–H and O–H groups in total. The number of nitrogens with one attached hydrogen (secondary N) is 1. The van der Waals surface area contributed by atoms with Crippen molar-refractivity contribution in [2.45, 2.75) is 13.8 Å². The van der Waals surface area contributed by atoms with E-state index in [0.29, 0.717) is 16.9 Å². The van der Waals surface area contributed by atoms with Crippen LogP contribution in [0.25, 0.3) is 0 Å². The summed E-state index contributed by atoms with van der Waals surface area (Å²) in [5.74, 6) is -0.431. The summed E-state index contributed by atoms with van der Waals surface area (Å²) in [5.41, 5.74) is 8.21. The van der Waals surface area contributed by atoms with Gasteiger partial charge in [-0.1, -0.05) is 0 Å². The van der Waals surface area contributed by atoms with E-state index in [9.17, 15) is 4.79 Å². The molecule has 0 saturated heterocycles. The Labute approximate surface area is 115 Å². The molecule has 0 spiro atoms. The average molecular weight is 277 g/mol. The summed E-state index contributed by atoms with van der Waals surface area (Å²) in [6, 6.07) is 5.05. The maximum absolute atomic E-state index is 11.7. The Hall–Kier alpha value is -2.08. The molecular formula is C13H15N3O2S. The minimum Gasteiger partial charge on any atom is -0.465 e. The predicted octanol–water partition coefficient (Wildman–Crippen LogP) is 2.87. The molecule has 0 fully saturated rings. The number of rotatable bonds is 3. The molecule has 0 bridgehead atoms. The van der Waals surface area contributed by atoms with Gasteiger partial charge in [0.1, 0.15) is 0 Å². The summed E-state index contributed by atoms with van der Waals surface area (Å²) in [6.45, 7) is 3.95. The first-order valence-corrected chi connectivity index (χ1v) is 6.52. The Kier molecular flexibility index (Phi) is 3.71. The van der Waals surface area contributed by atoms with Gasteiger partial charge in [-0.25, -0.2) is 9.78 Å². The van der Waals surface area contributed by atoms with Gasteiger partial charge in [0.15, 0.2) is 5.13 Å². The molecule has 0 aliphatic heterocycles.